The van der Waals surface area contributed by atoms with E-state index in [-0.39, 0.29) is 0 Å². The maximum absolute atomic E-state index is 9.85. The first-order chi connectivity index (χ1) is 5.72. The van der Waals surface area contributed by atoms with Crippen molar-refractivity contribution < 1.29 is 19.4 Å². The summed E-state index contributed by atoms with van der Waals surface area (Å²) in [5.41, 5.74) is 0. The van der Waals surface area contributed by atoms with Gasteiger partial charge in [0.2, 0.25) is 6.08 Å². The quantitative estimate of drug-likeness (QED) is 0.388. The molecule has 0 fully saturated rings. The second-order valence-corrected chi connectivity index (χ2v) is 1.06. The number of hydrogen-bond acceptors (Lipinski definition) is 5. The number of hydrogen-bond donors (Lipinski definition) is 2. The summed E-state index contributed by atoms with van der Waals surface area (Å²) < 4.78 is 4.15. The van der Waals surface area contributed by atoms with E-state index in [2.05, 4.69) is 15.0 Å². The Morgan fingerprint density at radius 3 is 1.92 bits per heavy atom. The molecule has 0 spiro atoms. The number of alkyl carbamates (subject to hydrolysis) is 1. The predicted octanol–water partition coefficient (Wildman–Crippen LogP) is -0.467. The lowest BCUT2D eigenvalue weighted by atomic mass is 11.1. The maximum Gasteiger partial charge on any atom is 0.406 e. The molecule has 0 heterocycles. The van der Waals surface area contributed by atoms with Crippen LogP contribution in [-0.4, -0.2) is 45.6 Å². The second kappa shape index (κ2) is 22.6. The number of isocyanates is 1. The Kier molecular flexibility index (Phi) is 31.9. The minimum atomic E-state index is -0.407. The molecule has 1 amide bonds. The summed E-state index contributed by atoms with van der Waals surface area (Å²) in [5.74, 6) is 0. The molecule has 0 aromatic carbocycles. The SMILES string of the molecule is CN=C=O.CNC(=O)OC.CO. The Balaban J connectivity index is -0.000000118. The Hall–Kier alpha value is -1.39. The third kappa shape index (κ3) is 38.3. The molecule has 72 valence electrons. The van der Waals surface area contributed by atoms with Gasteiger partial charge in [0.1, 0.15) is 0 Å². The molecule has 0 aliphatic rings. The number of carbonyl (C=O) groups excluding carboxylic acids is 2. The third-order valence-electron chi connectivity index (χ3n) is 0.481. The van der Waals surface area contributed by atoms with E-state index in [0.29, 0.717) is 0 Å². The van der Waals surface area contributed by atoms with Crippen molar-refractivity contribution in [3.05, 3.63) is 0 Å². The van der Waals surface area contributed by atoms with Crippen LogP contribution in [0.4, 0.5) is 4.79 Å². The molecule has 0 unspecified atom stereocenters. The second-order valence-electron chi connectivity index (χ2n) is 1.06. The lowest BCUT2D eigenvalue weighted by Gasteiger charge is -1.90. The van der Waals surface area contributed by atoms with Gasteiger partial charge < -0.3 is 15.2 Å². The van der Waals surface area contributed by atoms with Gasteiger partial charge in [0.25, 0.3) is 0 Å². The molecule has 12 heavy (non-hydrogen) atoms. The lowest BCUT2D eigenvalue weighted by molar-refractivity contribution is 0.173. The molecule has 0 aromatic rings. The molecule has 0 aliphatic carbocycles. The highest BCUT2D eigenvalue weighted by Gasteiger charge is 1.85. The molecule has 6 heteroatoms. The van der Waals surface area contributed by atoms with Gasteiger partial charge in [-0.2, -0.15) is 0 Å². The summed E-state index contributed by atoms with van der Waals surface area (Å²) in [6.07, 6.45) is 0.898. The Bertz CT molecular complexity index is 126. The van der Waals surface area contributed by atoms with Crippen molar-refractivity contribution in [2.24, 2.45) is 4.99 Å². The van der Waals surface area contributed by atoms with Crippen molar-refractivity contribution in [2.75, 3.05) is 28.3 Å². The topological polar surface area (TPSA) is 88.0 Å². The van der Waals surface area contributed by atoms with Gasteiger partial charge in [-0.3, -0.25) is 0 Å². The highest BCUT2D eigenvalue weighted by Crippen LogP contribution is 1.62. The van der Waals surface area contributed by atoms with Gasteiger partial charge >= 0.3 is 6.09 Å². The number of ether oxygens (including phenoxy) is 1. The van der Waals surface area contributed by atoms with Gasteiger partial charge in [0.05, 0.1) is 7.11 Å². The highest BCUT2D eigenvalue weighted by molar-refractivity contribution is 5.66. The monoisotopic (exact) mass is 178 g/mol. The zero-order valence-corrected chi connectivity index (χ0v) is 7.62. The standard InChI is InChI=1S/C3H7NO2.C2H3NO.CH4O/c1-4-3(5)6-2;1-3-2-4;1-2/h1-2H3,(H,4,5);1H3;2H,1H3. The van der Waals surface area contributed by atoms with Gasteiger partial charge in [0.15, 0.2) is 0 Å². The third-order valence-corrected chi connectivity index (χ3v) is 0.481. The number of rotatable bonds is 0. The van der Waals surface area contributed by atoms with Crippen molar-refractivity contribution in [1.29, 1.82) is 0 Å². The summed E-state index contributed by atoms with van der Waals surface area (Å²) >= 11 is 0. The number of aliphatic imine (C=N–C) groups is 1. The van der Waals surface area contributed by atoms with Crippen LogP contribution in [0, 0.1) is 0 Å². The normalized spacial score (nSPS) is 5.42. The van der Waals surface area contributed by atoms with Crippen molar-refractivity contribution in [3.63, 3.8) is 0 Å². The van der Waals surface area contributed by atoms with Crippen LogP contribution >= 0.6 is 0 Å². The van der Waals surface area contributed by atoms with E-state index in [0.717, 1.165) is 7.11 Å². The predicted molar refractivity (Wildman–Crippen MR) is 43.7 cm³/mol. The van der Waals surface area contributed by atoms with Crippen LogP contribution in [0.25, 0.3) is 0 Å². The molecule has 0 radical (unpaired) electrons. The van der Waals surface area contributed by atoms with E-state index < -0.39 is 6.09 Å². The number of nitrogens with one attached hydrogen (secondary N) is 1. The first kappa shape index (κ1) is 16.9. The van der Waals surface area contributed by atoms with E-state index in [1.807, 2.05) is 0 Å². The van der Waals surface area contributed by atoms with E-state index in [9.17, 15) is 4.79 Å². The molecular formula is C6H14N2O4. The minimum Gasteiger partial charge on any atom is -0.453 e. The number of methoxy groups -OCH3 is 1. The van der Waals surface area contributed by atoms with Gasteiger partial charge in [-0.25, -0.2) is 14.6 Å². The fraction of sp³-hybridized carbons (Fsp3) is 0.667. The summed E-state index contributed by atoms with van der Waals surface area (Å²) in [6.45, 7) is 0. The van der Waals surface area contributed by atoms with Gasteiger partial charge in [-0.1, -0.05) is 0 Å². The van der Waals surface area contributed by atoms with Gasteiger partial charge in [-0.15, -0.1) is 0 Å². The first-order valence-corrected chi connectivity index (χ1v) is 2.89. The molecule has 2 N–H and O–H groups in total. The first-order valence-electron chi connectivity index (χ1n) is 2.89. The number of aliphatic hydroxyl groups excluding tert-OH is 1. The van der Waals surface area contributed by atoms with Crippen LogP contribution in [0.15, 0.2) is 4.99 Å². The lowest BCUT2D eigenvalue weighted by Crippen LogP contribution is -2.16. The van der Waals surface area contributed by atoms with Gasteiger partial charge in [0, 0.05) is 21.2 Å². The van der Waals surface area contributed by atoms with Crippen LogP contribution in [-0.2, 0) is 9.53 Å². The van der Waals surface area contributed by atoms with Crippen LogP contribution in [0.2, 0.25) is 0 Å². The molecule has 0 rings (SSSR count). The van der Waals surface area contributed by atoms with Crippen LogP contribution in [0.5, 0.6) is 0 Å². The molecule has 6 nitrogen and oxygen atoms in total. The highest BCUT2D eigenvalue weighted by atomic mass is 16.5. The smallest absolute Gasteiger partial charge is 0.406 e. The number of amides is 1. The Morgan fingerprint density at radius 1 is 1.58 bits per heavy atom. The van der Waals surface area contributed by atoms with Gasteiger partial charge in [-0.05, 0) is 0 Å². The Morgan fingerprint density at radius 2 is 1.92 bits per heavy atom. The summed E-state index contributed by atoms with van der Waals surface area (Å²) in [6, 6.07) is 0. The van der Waals surface area contributed by atoms with E-state index >= 15 is 0 Å². The average Bonchev–Trinajstić information content (AvgIpc) is 2.20. The molecular weight excluding hydrogens is 164 g/mol. The van der Waals surface area contributed by atoms with Crippen molar-refractivity contribution in [2.45, 2.75) is 0 Å². The minimum absolute atomic E-state index is 0.407. The summed E-state index contributed by atoms with van der Waals surface area (Å²) in [5, 5.41) is 9.25. The maximum atomic E-state index is 9.85. The fourth-order valence-corrected chi connectivity index (χ4v) is 0.102. The van der Waals surface area contributed by atoms with Crippen molar-refractivity contribution >= 4 is 12.2 Å². The van der Waals surface area contributed by atoms with Crippen LogP contribution in [0.3, 0.4) is 0 Å². The molecule has 0 bridgehead atoms. The Labute approximate surface area is 71.3 Å². The summed E-state index contributed by atoms with van der Waals surface area (Å²) in [4.78, 5) is 21.7. The van der Waals surface area contributed by atoms with Crippen LogP contribution < -0.4 is 5.32 Å². The molecule has 0 atom stereocenters. The van der Waals surface area contributed by atoms with Crippen molar-refractivity contribution in [3.8, 4) is 0 Å². The number of nitrogens with zero attached hydrogens (tertiary/aromatic N) is 1. The molecule has 0 aliphatic heterocycles. The molecule has 0 saturated carbocycles. The molecule has 0 saturated heterocycles. The van der Waals surface area contributed by atoms with E-state index in [1.54, 1.807) is 0 Å². The zero-order valence-electron chi connectivity index (χ0n) is 7.62. The molecule has 0 aromatic heterocycles. The largest absolute Gasteiger partial charge is 0.453 e. The van der Waals surface area contributed by atoms with Crippen molar-refractivity contribution in [1.82, 2.24) is 5.32 Å². The summed E-state index contributed by atoms with van der Waals surface area (Å²) in [7, 11) is 5.21. The van der Waals surface area contributed by atoms with E-state index in [1.165, 1.54) is 27.3 Å². The fourth-order valence-electron chi connectivity index (χ4n) is 0.102. The number of aliphatic hydroxyl groups is 1. The van der Waals surface area contributed by atoms with Crippen LogP contribution in [0.1, 0.15) is 0 Å². The zero-order chi connectivity index (χ0) is 10.4. The average molecular weight is 178 g/mol. The van der Waals surface area contributed by atoms with E-state index in [4.69, 9.17) is 9.90 Å². The number of carbonyl (C=O) groups is 1.